The molecule has 1 aliphatic heterocycles. The number of alkyl carbamates (subject to hydrolysis) is 1. The molecule has 0 spiro atoms. The monoisotopic (exact) mass is 903 g/mol. The molecule has 6 atom stereocenters. The summed E-state index contributed by atoms with van der Waals surface area (Å²) in [5.41, 5.74) is 8.08. The summed E-state index contributed by atoms with van der Waals surface area (Å²) in [5.74, 6) is -2.60. The first kappa shape index (κ1) is 47.1. The Morgan fingerprint density at radius 3 is 1.63 bits per heavy atom. The molecule has 6 aromatic rings. The molecule has 0 bridgehead atoms. The molecule has 1 aliphatic carbocycles. The van der Waals surface area contributed by atoms with Crippen LogP contribution in [-0.2, 0) is 69.1 Å². The third-order valence-corrected chi connectivity index (χ3v) is 12.1. The standard InChI is InChI=1S/C56H57NO10/c1-3-32-56(66-38-49(54(58)60-2)57-55(59)65-37-48-46-30-18-16-28-44(46)45-29-17-19-31-47(45)48)53(64-36-43-26-14-7-15-27-43)52(63-35-42-24-12-6-13-25-42)51(62-34-41-22-10-5-11-23-41)50(67-56)39-61-33-40-20-8-4-9-21-40/h3-31,48-53H,1,32-39H2,2H3,(H,57,59)/t49?,50-,51+,52+,53-,56+/m1/s1. The Hall–Kier alpha value is -6.44. The van der Waals surface area contributed by atoms with Gasteiger partial charge in [0.15, 0.2) is 6.04 Å². The lowest BCUT2D eigenvalue weighted by molar-refractivity contribution is -0.382. The van der Waals surface area contributed by atoms with Gasteiger partial charge in [-0.25, -0.2) is 9.59 Å². The van der Waals surface area contributed by atoms with Gasteiger partial charge in [-0.05, 0) is 44.5 Å². The molecule has 8 rings (SSSR count). The Morgan fingerprint density at radius 1 is 0.627 bits per heavy atom. The first-order chi connectivity index (χ1) is 32.9. The van der Waals surface area contributed by atoms with E-state index in [0.717, 1.165) is 44.5 Å². The van der Waals surface area contributed by atoms with Crippen molar-refractivity contribution in [3.05, 3.63) is 216 Å². The Morgan fingerprint density at radius 2 is 1.10 bits per heavy atom. The molecule has 11 heteroatoms. The topological polar surface area (TPSA) is 120 Å². The van der Waals surface area contributed by atoms with E-state index in [1.807, 2.05) is 158 Å². The van der Waals surface area contributed by atoms with Crippen molar-refractivity contribution in [2.24, 2.45) is 0 Å². The molecular weight excluding hydrogens is 847 g/mol. The maximum Gasteiger partial charge on any atom is 0.407 e. The summed E-state index contributed by atoms with van der Waals surface area (Å²) in [6.45, 7) is 4.74. The average molecular weight is 904 g/mol. The molecule has 1 fully saturated rings. The van der Waals surface area contributed by atoms with E-state index >= 15 is 0 Å². The van der Waals surface area contributed by atoms with Crippen molar-refractivity contribution < 1.29 is 47.5 Å². The Kier molecular flexibility index (Phi) is 16.4. The molecule has 6 aromatic carbocycles. The van der Waals surface area contributed by atoms with Crippen LogP contribution >= 0.6 is 0 Å². The molecule has 1 unspecified atom stereocenters. The molecule has 0 radical (unpaired) electrons. The van der Waals surface area contributed by atoms with Gasteiger partial charge in [0.2, 0.25) is 5.79 Å². The normalized spacial score (nSPS) is 20.3. The SMILES string of the molecule is C=CC[C@]1(OCC(NC(=O)OCC2c3ccccc3-c3ccccc32)C(=O)OC)O[C@H](COCc2ccccc2)[C@H](OCc2ccccc2)[C@H](OCc2ccccc2)[C@H]1OCc1ccccc1. The van der Waals surface area contributed by atoms with Crippen LogP contribution in [0.3, 0.4) is 0 Å². The van der Waals surface area contributed by atoms with Gasteiger partial charge in [-0.2, -0.15) is 0 Å². The maximum absolute atomic E-state index is 13.7. The fourth-order valence-electron chi connectivity index (χ4n) is 8.78. The van der Waals surface area contributed by atoms with Crippen LogP contribution < -0.4 is 5.32 Å². The lowest BCUT2D eigenvalue weighted by atomic mass is 9.89. The fraction of sp³-hybridized carbons (Fsp3) is 0.286. The number of carbonyl (C=O) groups excluding carboxylic acids is 2. The predicted octanol–water partition coefficient (Wildman–Crippen LogP) is 9.73. The summed E-state index contributed by atoms with van der Waals surface area (Å²) in [5, 5.41) is 2.72. The molecule has 1 heterocycles. The third-order valence-electron chi connectivity index (χ3n) is 12.1. The van der Waals surface area contributed by atoms with Gasteiger partial charge in [-0.15, -0.1) is 6.58 Å². The minimum absolute atomic E-state index is 0.0446. The van der Waals surface area contributed by atoms with Gasteiger partial charge in [-0.1, -0.05) is 176 Å². The average Bonchev–Trinajstić information content (AvgIpc) is 3.70. The number of carbonyl (C=O) groups is 2. The third kappa shape index (κ3) is 11.9. The summed E-state index contributed by atoms with van der Waals surface area (Å²) in [7, 11) is 1.25. The predicted molar refractivity (Wildman–Crippen MR) is 254 cm³/mol. The molecule has 2 aliphatic rings. The van der Waals surface area contributed by atoms with Crippen LogP contribution in [0.4, 0.5) is 4.79 Å². The first-order valence-corrected chi connectivity index (χ1v) is 22.6. The maximum atomic E-state index is 13.7. The molecule has 11 nitrogen and oxygen atoms in total. The Balaban J connectivity index is 1.10. The van der Waals surface area contributed by atoms with Gasteiger partial charge in [0.1, 0.15) is 31.0 Å². The molecule has 0 saturated carbocycles. The fourth-order valence-corrected chi connectivity index (χ4v) is 8.78. The minimum atomic E-state index is -1.67. The summed E-state index contributed by atoms with van der Waals surface area (Å²) < 4.78 is 52.2. The second-order valence-corrected chi connectivity index (χ2v) is 16.6. The zero-order chi connectivity index (χ0) is 46.3. The number of hydrogen-bond acceptors (Lipinski definition) is 10. The van der Waals surface area contributed by atoms with Crippen LogP contribution in [0.25, 0.3) is 11.1 Å². The highest BCUT2D eigenvalue weighted by Crippen LogP contribution is 2.45. The molecule has 67 heavy (non-hydrogen) atoms. The number of benzene rings is 6. The van der Waals surface area contributed by atoms with E-state index < -0.39 is 54.9 Å². The summed E-state index contributed by atoms with van der Waals surface area (Å²) in [4.78, 5) is 27.3. The van der Waals surface area contributed by atoms with Crippen molar-refractivity contribution in [3.8, 4) is 11.1 Å². The van der Waals surface area contributed by atoms with E-state index in [9.17, 15) is 9.59 Å². The van der Waals surface area contributed by atoms with E-state index in [4.69, 9.17) is 37.9 Å². The van der Waals surface area contributed by atoms with Crippen molar-refractivity contribution in [2.75, 3.05) is 26.9 Å². The molecule has 1 amide bonds. The summed E-state index contributed by atoms with van der Waals surface area (Å²) in [6.07, 6.45) is -2.44. The second-order valence-electron chi connectivity index (χ2n) is 16.6. The van der Waals surface area contributed by atoms with E-state index in [2.05, 4.69) is 24.0 Å². The molecular formula is C56H57NO10. The highest BCUT2D eigenvalue weighted by atomic mass is 16.7. The second kappa shape index (κ2) is 23.3. The number of amides is 1. The zero-order valence-electron chi connectivity index (χ0n) is 37.7. The van der Waals surface area contributed by atoms with Crippen molar-refractivity contribution in [2.45, 2.75) is 75.0 Å². The molecule has 1 saturated heterocycles. The van der Waals surface area contributed by atoms with Gasteiger partial charge in [0.05, 0.1) is 46.8 Å². The van der Waals surface area contributed by atoms with Crippen molar-refractivity contribution in [1.82, 2.24) is 5.32 Å². The van der Waals surface area contributed by atoms with Crippen molar-refractivity contribution >= 4 is 12.1 Å². The highest BCUT2D eigenvalue weighted by molar-refractivity contribution is 5.82. The minimum Gasteiger partial charge on any atom is -0.467 e. The number of hydrogen-bond donors (Lipinski definition) is 1. The van der Waals surface area contributed by atoms with Crippen molar-refractivity contribution in [3.63, 3.8) is 0 Å². The van der Waals surface area contributed by atoms with Crippen LogP contribution in [0.2, 0.25) is 0 Å². The molecule has 346 valence electrons. The lowest BCUT2D eigenvalue weighted by Crippen LogP contribution is -2.68. The Bertz CT molecular complexity index is 2440. The number of ether oxygens (including phenoxy) is 8. The molecule has 1 N–H and O–H groups in total. The van der Waals surface area contributed by atoms with Crippen LogP contribution in [-0.4, -0.2) is 75.2 Å². The van der Waals surface area contributed by atoms with Gasteiger partial charge >= 0.3 is 12.1 Å². The number of nitrogens with one attached hydrogen (secondary N) is 1. The van der Waals surface area contributed by atoms with Crippen LogP contribution in [0.5, 0.6) is 0 Å². The highest BCUT2D eigenvalue weighted by Gasteiger charge is 2.58. The lowest BCUT2D eigenvalue weighted by Gasteiger charge is -2.52. The largest absolute Gasteiger partial charge is 0.467 e. The Labute approximate surface area is 392 Å². The summed E-state index contributed by atoms with van der Waals surface area (Å²) in [6, 6.07) is 54.2. The van der Waals surface area contributed by atoms with E-state index in [1.54, 1.807) is 6.08 Å². The van der Waals surface area contributed by atoms with Gasteiger partial charge < -0.3 is 43.2 Å². The number of methoxy groups -OCH3 is 1. The summed E-state index contributed by atoms with van der Waals surface area (Å²) >= 11 is 0. The van der Waals surface area contributed by atoms with Gasteiger partial charge in [0.25, 0.3) is 0 Å². The van der Waals surface area contributed by atoms with E-state index in [1.165, 1.54) is 7.11 Å². The van der Waals surface area contributed by atoms with Crippen LogP contribution in [0, 0.1) is 0 Å². The number of esters is 1. The van der Waals surface area contributed by atoms with Gasteiger partial charge in [-0.3, -0.25) is 0 Å². The van der Waals surface area contributed by atoms with Crippen LogP contribution in [0.15, 0.2) is 183 Å². The molecule has 0 aromatic heterocycles. The quantitative estimate of drug-likeness (QED) is 0.0521. The smallest absolute Gasteiger partial charge is 0.407 e. The van der Waals surface area contributed by atoms with Crippen molar-refractivity contribution in [1.29, 1.82) is 0 Å². The van der Waals surface area contributed by atoms with Gasteiger partial charge in [0, 0.05) is 12.3 Å². The number of rotatable bonds is 22. The van der Waals surface area contributed by atoms with E-state index in [-0.39, 0.29) is 45.4 Å². The number of fused-ring (bicyclic) bond motifs is 3. The first-order valence-electron chi connectivity index (χ1n) is 22.6. The van der Waals surface area contributed by atoms with E-state index in [0.29, 0.717) is 6.61 Å². The van der Waals surface area contributed by atoms with Crippen LogP contribution in [0.1, 0.15) is 45.7 Å². The zero-order valence-corrected chi connectivity index (χ0v) is 37.7.